The lowest BCUT2D eigenvalue weighted by molar-refractivity contribution is -0.120. The largest absolute Gasteiger partial charge is 0.379 e. The summed E-state index contributed by atoms with van der Waals surface area (Å²) in [4.78, 5) is 27.9. The molecule has 0 saturated carbocycles. The minimum Gasteiger partial charge on any atom is -0.379 e. The number of carbonyl (C=O) groups is 2. The van der Waals surface area contributed by atoms with Crippen molar-refractivity contribution in [3.63, 3.8) is 0 Å². The summed E-state index contributed by atoms with van der Waals surface area (Å²) in [5.41, 5.74) is 0. The quantitative estimate of drug-likeness (QED) is 0.633. The lowest BCUT2D eigenvalue weighted by Gasteiger charge is -2.28. The highest BCUT2D eigenvalue weighted by molar-refractivity contribution is 5.93. The van der Waals surface area contributed by atoms with Crippen molar-refractivity contribution < 1.29 is 23.8 Å². The van der Waals surface area contributed by atoms with Crippen molar-refractivity contribution >= 4 is 11.6 Å². The van der Waals surface area contributed by atoms with Gasteiger partial charge in [0, 0.05) is 26.2 Å². The monoisotopic (exact) mass is 382 g/mol. The molecule has 1 saturated heterocycles. The van der Waals surface area contributed by atoms with Crippen LogP contribution in [0.15, 0.2) is 25.3 Å². The summed E-state index contributed by atoms with van der Waals surface area (Å²) in [5, 5.41) is 0. The number of hydrogen-bond acceptors (Lipinski definition) is 7. The van der Waals surface area contributed by atoms with Gasteiger partial charge in [0.25, 0.3) is 0 Å². The van der Waals surface area contributed by atoms with Gasteiger partial charge in [-0.15, -0.1) is 0 Å². The van der Waals surface area contributed by atoms with Crippen LogP contribution < -0.4 is 0 Å². The van der Waals surface area contributed by atoms with Crippen molar-refractivity contribution in [2.45, 2.75) is 25.9 Å². The first-order valence-electron chi connectivity index (χ1n) is 9.55. The predicted molar refractivity (Wildman–Crippen MR) is 105 cm³/mol. The number of carbonyl (C=O) groups excluding carboxylic acids is 2. The van der Waals surface area contributed by atoms with E-state index in [9.17, 15) is 9.59 Å². The van der Waals surface area contributed by atoms with E-state index < -0.39 is 0 Å². The zero-order chi connectivity index (χ0) is 20.1. The molecule has 1 fully saturated rings. The third-order valence-electron chi connectivity index (χ3n) is 4.78. The molecule has 0 amide bonds. The van der Waals surface area contributed by atoms with Gasteiger partial charge in [-0.3, -0.25) is 19.4 Å². The normalized spacial score (nSPS) is 22.0. The molecule has 0 N–H and O–H groups in total. The second-order valence-electron chi connectivity index (χ2n) is 6.47. The third kappa shape index (κ3) is 8.90. The fourth-order valence-corrected chi connectivity index (χ4v) is 2.85. The van der Waals surface area contributed by atoms with Crippen LogP contribution in [0.5, 0.6) is 0 Å². The van der Waals surface area contributed by atoms with Crippen LogP contribution in [0.1, 0.15) is 13.8 Å². The third-order valence-corrected chi connectivity index (χ3v) is 4.78. The maximum absolute atomic E-state index is 11.9. The molecule has 2 atom stereocenters. The molecule has 2 unspecified atom stereocenters. The molecule has 0 bridgehead atoms. The second kappa shape index (κ2) is 13.7. The average Bonchev–Trinajstić information content (AvgIpc) is 2.70. The Bertz CT molecular complexity index is 441. The number of nitrogens with zero attached hydrogens (tertiary/aromatic N) is 2. The van der Waals surface area contributed by atoms with Crippen molar-refractivity contribution in [1.82, 2.24) is 9.80 Å². The van der Waals surface area contributed by atoms with E-state index in [1.807, 2.05) is 23.6 Å². The molecule has 7 heteroatoms. The van der Waals surface area contributed by atoms with Crippen LogP contribution in [0.3, 0.4) is 0 Å². The first-order chi connectivity index (χ1) is 13.0. The Labute approximate surface area is 162 Å². The summed E-state index contributed by atoms with van der Waals surface area (Å²) in [6.07, 6.45) is 2.71. The van der Waals surface area contributed by atoms with Crippen LogP contribution in [0.25, 0.3) is 0 Å². The van der Waals surface area contributed by atoms with Crippen molar-refractivity contribution in [2.75, 3.05) is 65.8 Å². The summed E-state index contributed by atoms with van der Waals surface area (Å²) in [6.45, 7) is 16.4. The van der Waals surface area contributed by atoms with Gasteiger partial charge in [0.05, 0.1) is 51.7 Å². The first kappa shape index (κ1) is 23.7. The summed E-state index contributed by atoms with van der Waals surface area (Å²) < 4.78 is 17.0. The molecular weight excluding hydrogens is 348 g/mol. The number of rotatable bonds is 6. The molecular formula is C20H34N2O5. The van der Waals surface area contributed by atoms with Gasteiger partial charge in [0.2, 0.25) is 0 Å². The van der Waals surface area contributed by atoms with E-state index in [1.165, 1.54) is 12.2 Å². The molecule has 1 rings (SSSR count). The minimum absolute atomic E-state index is 0.0146. The smallest absolute Gasteiger partial charge is 0.171 e. The summed E-state index contributed by atoms with van der Waals surface area (Å²) in [5.74, 6) is -0.0293. The zero-order valence-corrected chi connectivity index (χ0v) is 16.7. The Morgan fingerprint density at radius 3 is 1.30 bits per heavy atom. The van der Waals surface area contributed by atoms with Crippen molar-refractivity contribution in [1.29, 1.82) is 0 Å². The van der Waals surface area contributed by atoms with Crippen molar-refractivity contribution in [2.24, 2.45) is 0 Å². The fraction of sp³-hybridized carbons (Fsp3) is 0.700. The van der Waals surface area contributed by atoms with Crippen LogP contribution in [-0.4, -0.2) is 99.3 Å². The minimum atomic E-state index is -0.261. The van der Waals surface area contributed by atoms with Crippen LogP contribution >= 0.6 is 0 Å². The van der Waals surface area contributed by atoms with E-state index in [0.717, 1.165) is 0 Å². The molecule has 7 nitrogen and oxygen atoms in total. The molecule has 1 aliphatic rings. The molecule has 0 spiro atoms. The predicted octanol–water partition coefficient (Wildman–Crippen LogP) is 0.941. The van der Waals surface area contributed by atoms with E-state index in [0.29, 0.717) is 65.8 Å². The summed E-state index contributed by atoms with van der Waals surface area (Å²) >= 11 is 0. The molecule has 0 aromatic rings. The first-order valence-corrected chi connectivity index (χ1v) is 9.55. The molecule has 1 aliphatic heterocycles. The van der Waals surface area contributed by atoms with Crippen LogP contribution in [0.2, 0.25) is 0 Å². The van der Waals surface area contributed by atoms with E-state index in [4.69, 9.17) is 14.2 Å². The molecule has 0 aromatic heterocycles. The molecule has 154 valence electrons. The standard InChI is InChI=1S/C20H34N2O5/c1-5-19(23)17(3)21-7-11-25-12-8-22(18(4)20(24)6-2)10-14-27-16-15-26-13-9-21/h5-6,17-18H,1-2,7-16H2,3-4H3. The number of ketones is 2. The number of ether oxygens (including phenoxy) is 3. The van der Waals surface area contributed by atoms with Gasteiger partial charge in [-0.25, -0.2) is 0 Å². The van der Waals surface area contributed by atoms with Gasteiger partial charge in [0.15, 0.2) is 11.6 Å². The Morgan fingerprint density at radius 2 is 1.00 bits per heavy atom. The average molecular weight is 383 g/mol. The van der Waals surface area contributed by atoms with Gasteiger partial charge < -0.3 is 14.2 Å². The Kier molecular flexibility index (Phi) is 12.0. The molecule has 27 heavy (non-hydrogen) atoms. The fourth-order valence-electron chi connectivity index (χ4n) is 2.85. The van der Waals surface area contributed by atoms with Gasteiger partial charge >= 0.3 is 0 Å². The van der Waals surface area contributed by atoms with Gasteiger partial charge in [-0.1, -0.05) is 13.2 Å². The Balaban J connectivity index is 2.64. The molecule has 1 heterocycles. The van der Waals surface area contributed by atoms with Crippen LogP contribution in [-0.2, 0) is 23.8 Å². The van der Waals surface area contributed by atoms with Gasteiger partial charge in [-0.2, -0.15) is 0 Å². The van der Waals surface area contributed by atoms with E-state index >= 15 is 0 Å². The number of hydrogen-bond donors (Lipinski definition) is 0. The summed E-state index contributed by atoms with van der Waals surface area (Å²) in [6, 6.07) is -0.522. The maximum atomic E-state index is 11.9. The van der Waals surface area contributed by atoms with E-state index in [2.05, 4.69) is 13.2 Å². The Morgan fingerprint density at radius 1 is 0.704 bits per heavy atom. The SMILES string of the molecule is C=CC(=O)C(C)N1CCOCCOCCN(C(C)C(=O)C=C)CCOCC1. The second-order valence-corrected chi connectivity index (χ2v) is 6.47. The lowest BCUT2D eigenvalue weighted by atomic mass is 10.2. The van der Waals surface area contributed by atoms with Crippen LogP contribution in [0.4, 0.5) is 0 Å². The maximum Gasteiger partial charge on any atom is 0.171 e. The van der Waals surface area contributed by atoms with Crippen molar-refractivity contribution in [3.05, 3.63) is 25.3 Å². The van der Waals surface area contributed by atoms with E-state index in [-0.39, 0.29) is 23.7 Å². The molecule has 0 aromatic carbocycles. The van der Waals surface area contributed by atoms with Gasteiger partial charge in [-0.05, 0) is 26.0 Å². The Hall–Kier alpha value is -1.38. The zero-order valence-electron chi connectivity index (χ0n) is 16.7. The lowest BCUT2D eigenvalue weighted by Crippen LogP contribution is -2.43. The van der Waals surface area contributed by atoms with Crippen LogP contribution in [0, 0.1) is 0 Å². The van der Waals surface area contributed by atoms with Crippen molar-refractivity contribution in [3.8, 4) is 0 Å². The molecule has 0 radical (unpaired) electrons. The summed E-state index contributed by atoms with van der Waals surface area (Å²) in [7, 11) is 0. The molecule has 0 aliphatic carbocycles. The topological polar surface area (TPSA) is 68.3 Å². The highest BCUT2D eigenvalue weighted by Gasteiger charge is 2.20. The van der Waals surface area contributed by atoms with Gasteiger partial charge in [0.1, 0.15) is 0 Å². The highest BCUT2D eigenvalue weighted by atomic mass is 16.5. The highest BCUT2D eigenvalue weighted by Crippen LogP contribution is 2.04. The van der Waals surface area contributed by atoms with E-state index in [1.54, 1.807) is 0 Å².